The van der Waals surface area contributed by atoms with Gasteiger partial charge in [0.2, 0.25) is 0 Å². The predicted molar refractivity (Wildman–Crippen MR) is 105 cm³/mol. The summed E-state index contributed by atoms with van der Waals surface area (Å²) in [7, 11) is 0. The lowest BCUT2D eigenvalue weighted by atomic mass is 10.1. The molecule has 8 heteroatoms. The maximum absolute atomic E-state index is 12.8. The summed E-state index contributed by atoms with van der Waals surface area (Å²) < 4.78 is 11.1. The summed E-state index contributed by atoms with van der Waals surface area (Å²) in [5.74, 6) is 0.243. The minimum Gasteiger partial charge on any atom is -0.486 e. The molecule has 28 heavy (non-hydrogen) atoms. The lowest BCUT2D eigenvalue weighted by Crippen LogP contribution is -2.35. The SMILES string of the molecule is CCCC(CCC)NC(=O)c1n[nH]cc1NC(=O)c1cccc2c1OCCO2. The Bertz CT molecular complexity index is 827. The molecule has 8 nitrogen and oxygen atoms in total. The molecule has 1 aliphatic heterocycles. The summed E-state index contributed by atoms with van der Waals surface area (Å²) in [6, 6.07) is 5.23. The molecule has 1 aromatic carbocycles. The van der Waals surface area contributed by atoms with Gasteiger partial charge < -0.3 is 20.1 Å². The molecule has 150 valence electrons. The third-order valence-electron chi connectivity index (χ3n) is 4.52. The number of nitrogens with one attached hydrogen (secondary N) is 3. The second kappa shape index (κ2) is 9.25. The van der Waals surface area contributed by atoms with Gasteiger partial charge in [0.15, 0.2) is 17.2 Å². The summed E-state index contributed by atoms with van der Waals surface area (Å²) in [4.78, 5) is 25.4. The number of fused-ring (bicyclic) bond motifs is 1. The number of hydrogen-bond donors (Lipinski definition) is 3. The van der Waals surface area contributed by atoms with Crippen LogP contribution in [0.5, 0.6) is 11.5 Å². The molecule has 0 unspecified atom stereocenters. The van der Waals surface area contributed by atoms with E-state index in [2.05, 4.69) is 34.7 Å². The Morgan fingerprint density at radius 3 is 2.64 bits per heavy atom. The fourth-order valence-electron chi connectivity index (χ4n) is 3.24. The molecule has 0 radical (unpaired) electrons. The number of nitrogens with zero attached hydrogens (tertiary/aromatic N) is 1. The highest BCUT2D eigenvalue weighted by molar-refractivity contribution is 6.09. The Kier molecular flexibility index (Phi) is 6.52. The van der Waals surface area contributed by atoms with Crippen molar-refractivity contribution < 1.29 is 19.1 Å². The zero-order valence-electron chi connectivity index (χ0n) is 16.2. The molecule has 3 N–H and O–H groups in total. The molecule has 0 bridgehead atoms. The third kappa shape index (κ3) is 4.44. The number of rotatable bonds is 8. The predicted octanol–water partition coefficient (Wildman–Crippen LogP) is 3.13. The van der Waals surface area contributed by atoms with Crippen molar-refractivity contribution in [1.29, 1.82) is 0 Å². The standard InChI is InChI=1S/C20H26N4O4/c1-3-6-13(7-4-2)22-20(26)17-15(12-21-24-17)23-19(25)14-8-5-9-16-18(14)28-11-10-27-16/h5,8-9,12-13H,3-4,6-7,10-11H2,1-2H3,(H,21,24)(H,22,26)(H,23,25). The second-order valence-electron chi connectivity index (χ2n) is 6.68. The summed E-state index contributed by atoms with van der Waals surface area (Å²) >= 11 is 0. The number of benzene rings is 1. The summed E-state index contributed by atoms with van der Waals surface area (Å²) in [6.07, 6.45) is 5.26. The van der Waals surface area contributed by atoms with E-state index in [0.717, 1.165) is 25.7 Å². The highest BCUT2D eigenvalue weighted by Gasteiger charge is 2.23. The molecule has 0 saturated heterocycles. The largest absolute Gasteiger partial charge is 0.486 e. The molecule has 1 aromatic heterocycles. The number of anilines is 1. The smallest absolute Gasteiger partial charge is 0.274 e. The van der Waals surface area contributed by atoms with E-state index in [-0.39, 0.29) is 17.6 Å². The van der Waals surface area contributed by atoms with Crippen molar-refractivity contribution in [2.24, 2.45) is 0 Å². The zero-order chi connectivity index (χ0) is 19.9. The molecule has 1 aliphatic rings. The quantitative estimate of drug-likeness (QED) is 0.646. The maximum atomic E-state index is 12.8. The van der Waals surface area contributed by atoms with Gasteiger partial charge in [-0.15, -0.1) is 0 Å². The van der Waals surface area contributed by atoms with Gasteiger partial charge in [-0.1, -0.05) is 32.8 Å². The fraction of sp³-hybridized carbons (Fsp3) is 0.450. The van der Waals surface area contributed by atoms with Crippen LogP contribution in [-0.4, -0.2) is 41.3 Å². The van der Waals surface area contributed by atoms with Gasteiger partial charge in [0.1, 0.15) is 13.2 Å². The lowest BCUT2D eigenvalue weighted by Gasteiger charge is -2.20. The highest BCUT2D eigenvalue weighted by Crippen LogP contribution is 2.34. The van der Waals surface area contributed by atoms with Gasteiger partial charge >= 0.3 is 0 Å². The van der Waals surface area contributed by atoms with Gasteiger partial charge in [-0.3, -0.25) is 14.7 Å². The van der Waals surface area contributed by atoms with Crippen molar-refractivity contribution in [1.82, 2.24) is 15.5 Å². The summed E-state index contributed by atoms with van der Waals surface area (Å²) in [5, 5.41) is 12.4. The van der Waals surface area contributed by atoms with Gasteiger partial charge in [0, 0.05) is 12.2 Å². The monoisotopic (exact) mass is 386 g/mol. The third-order valence-corrected chi connectivity index (χ3v) is 4.52. The first-order valence-corrected chi connectivity index (χ1v) is 9.68. The van der Waals surface area contributed by atoms with Crippen LogP contribution < -0.4 is 20.1 Å². The van der Waals surface area contributed by atoms with E-state index in [0.29, 0.717) is 36.0 Å². The molecule has 2 aromatic rings. The van der Waals surface area contributed by atoms with Crippen LogP contribution in [0.2, 0.25) is 0 Å². The van der Waals surface area contributed by atoms with Crippen LogP contribution >= 0.6 is 0 Å². The van der Waals surface area contributed by atoms with Gasteiger partial charge in [0.05, 0.1) is 11.3 Å². The van der Waals surface area contributed by atoms with Crippen LogP contribution in [0.4, 0.5) is 5.69 Å². The Morgan fingerprint density at radius 2 is 1.89 bits per heavy atom. The van der Waals surface area contributed by atoms with E-state index >= 15 is 0 Å². The summed E-state index contributed by atoms with van der Waals surface area (Å²) in [5.41, 5.74) is 0.829. The number of amides is 2. The van der Waals surface area contributed by atoms with E-state index < -0.39 is 5.91 Å². The Balaban J connectivity index is 1.74. The molecule has 0 atom stereocenters. The van der Waals surface area contributed by atoms with Crippen molar-refractivity contribution in [3.05, 3.63) is 35.7 Å². The van der Waals surface area contributed by atoms with Crippen molar-refractivity contribution >= 4 is 17.5 Å². The molecule has 0 aliphatic carbocycles. The minimum atomic E-state index is -0.392. The number of aromatic nitrogens is 2. The van der Waals surface area contributed by atoms with Crippen molar-refractivity contribution in [3.63, 3.8) is 0 Å². The molecular weight excluding hydrogens is 360 g/mol. The Morgan fingerprint density at radius 1 is 1.14 bits per heavy atom. The summed E-state index contributed by atoms with van der Waals surface area (Å²) in [6.45, 7) is 5.00. The van der Waals surface area contributed by atoms with Gasteiger partial charge in [0.25, 0.3) is 11.8 Å². The first-order chi connectivity index (χ1) is 13.6. The number of para-hydroxylation sites is 1. The Labute approximate surface area is 164 Å². The van der Waals surface area contributed by atoms with Crippen LogP contribution in [0.1, 0.15) is 60.4 Å². The lowest BCUT2D eigenvalue weighted by molar-refractivity contribution is 0.0928. The second-order valence-corrected chi connectivity index (χ2v) is 6.68. The van der Waals surface area contributed by atoms with E-state index in [4.69, 9.17) is 9.47 Å². The van der Waals surface area contributed by atoms with E-state index in [1.807, 2.05) is 0 Å². The Hall–Kier alpha value is -3.03. The first-order valence-electron chi connectivity index (χ1n) is 9.68. The number of aromatic amines is 1. The van der Waals surface area contributed by atoms with Gasteiger partial charge in [-0.2, -0.15) is 5.10 Å². The normalized spacial score (nSPS) is 12.7. The number of ether oxygens (including phenoxy) is 2. The van der Waals surface area contributed by atoms with Crippen LogP contribution in [-0.2, 0) is 0 Å². The van der Waals surface area contributed by atoms with Gasteiger partial charge in [-0.05, 0) is 25.0 Å². The van der Waals surface area contributed by atoms with Crippen LogP contribution in [0.15, 0.2) is 24.4 Å². The average molecular weight is 386 g/mol. The number of H-pyrrole nitrogens is 1. The molecule has 3 rings (SSSR count). The van der Waals surface area contributed by atoms with E-state index in [1.165, 1.54) is 6.20 Å². The van der Waals surface area contributed by atoms with Crippen molar-refractivity contribution in [3.8, 4) is 11.5 Å². The minimum absolute atomic E-state index is 0.0921. The zero-order valence-corrected chi connectivity index (χ0v) is 16.2. The van der Waals surface area contributed by atoms with E-state index in [9.17, 15) is 9.59 Å². The van der Waals surface area contributed by atoms with Crippen molar-refractivity contribution in [2.75, 3.05) is 18.5 Å². The van der Waals surface area contributed by atoms with Crippen LogP contribution in [0, 0.1) is 0 Å². The molecule has 2 amide bonds. The average Bonchev–Trinajstić information content (AvgIpc) is 3.16. The highest BCUT2D eigenvalue weighted by atomic mass is 16.6. The van der Waals surface area contributed by atoms with E-state index in [1.54, 1.807) is 18.2 Å². The number of carbonyl (C=O) groups is 2. The number of carbonyl (C=O) groups excluding carboxylic acids is 2. The maximum Gasteiger partial charge on any atom is 0.274 e. The first kappa shape index (κ1) is 19.7. The van der Waals surface area contributed by atoms with Crippen molar-refractivity contribution in [2.45, 2.75) is 45.6 Å². The topological polar surface area (TPSA) is 105 Å². The number of hydrogen-bond acceptors (Lipinski definition) is 5. The van der Waals surface area contributed by atoms with Crippen LogP contribution in [0.25, 0.3) is 0 Å². The molecule has 2 heterocycles. The van der Waals surface area contributed by atoms with Gasteiger partial charge in [-0.25, -0.2) is 0 Å². The van der Waals surface area contributed by atoms with Crippen LogP contribution in [0.3, 0.4) is 0 Å². The molecule has 0 spiro atoms. The molecular formula is C20H26N4O4. The molecule has 0 fully saturated rings. The fourth-order valence-corrected chi connectivity index (χ4v) is 3.24. The molecule has 0 saturated carbocycles.